The summed E-state index contributed by atoms with van der Waals surface area (Å²) >= 11 is 0. The molecule has 0 aromatic carbocycles. The highest BCUT2D eigenvalue weighted by molar-refractivity contribution is 7.90. The van der Waals surface area contributed by atoms with Gasteiger partial charge in [0.2, 0.25) is 16.0 Å². The van der Waals surface area contributed by atoms with E-state index in [4.69, 9.17) is 5.10 Å². The number of carbonyl (C=O) groups excluding carboxylic acids is 1. The van der Waals surface area contributed by atoms with Crippen LogP contribution in [0.3, 0.4) is 0 Å². The SMILES string of the molecule is CCS(=O)(=O)NC(=O)c1cc(-c2cnc(N(C)C)nc2)c2c(C)nn(C3CCCCC3)c2n1. The average Bonchev–Trinajstić information content (AvgIpc) is 3.15. The Balaban J connectivity index is 1.90. The predicted molar refractivity (Wildman–Crippen MR) is 127 cm³/mol. The molecule has 1 N–H and O–H groups in total. The maximum absolute atomic E-state index is 12.9. The first-order chi connectivity index (χ1) is 15.7. The fourth-order valence-corrected chi connectivity index (χ4v) is 4.73. The summed E-state index contributed by atoms with van der Waals surface area (Å²) in [5.41, 5.74) is 2.79. The van der Waals surface area contributed by atoms with Crippen molar-refractivity contribution in [2.24, 2.45) is 0 Å². The van der Waals surface area contributed by atoms with Gasteiger partial charge in [-0.15, -0.1) is 0 Å². The fourth-order valence-electron chi connectivity index (χ4n) is 4.19. The van der Waals surface area contributed by atoms with Gasteiger partial charge in [-0.25, -0.2) is 32.8 Å². The van der Waals surface area contributed by atoms with Crippen LogP contribution >= 0.6 is 0 Å². The van der Waals surface area contributed by atoms with Gasteiger partial charge in [0, 0.05) is 37.4 Å². The second-order valence-electron chi connectivity index (χ2n) is 8.58. The number of anilines is 1. The first-order valence-corrected chi connectivity index (χ1v) is 12.8. The zero-order valence-corrected chi connectivity index (χ0v) is 20.2. The first kappa shape index (κ1) is 23.1. The van der Waals surface area contributed by atoms with Gasteiger partial charge in [-0.3, -0.25) is 4.79 Å². The molecule has 3 heterocycles. The van der Waals surface area contributed by atoms with E-state index in [1.54, 1.807) is 23.4 Å². The van der Waals surface area contributed by atoms with Gasteiger partial charge in [-0.1, -0.05) is 19.3 Å². The number of carbonyl (C=O) groups is 1. The maximum atomic E-state index is 12.9. The van der Waals surface area contributed by atoms with Gasteiger partial charge in [0.1, 0.15) is 5.69 Å². The van der Waals surface area contributed by atoms with E-state index in [9.17, 15) is 13.2 Å². The number of pyridine rings is 1. The number of nitrogens with zero attached hydrogens (tertiary/aromatic N) is 6. The van der Waals surface area contributed by atoms with Crippen LogP contribution in [0.4, 0.5) is 5.95 Å². The van der Waals surface area contributed by atoms with E-state index in [2.05, 4.69) is 19.7 Å². The second-order valence-corrected chi connectivity index (χ2v) is 10.6. The number of hydrogen-bond acceptors (Lipinski definition) is 8. The summed E-state index contributed by atoms with van der Waals surface area (Å²) in [5.74, 6) is -0.405. The zero-order valence-electron chi connectivity index (χ0n) is 19.4. The summed E-state index contributed by atoms with van der Waals surface area (Å²) < 4.78 is 28.0. The monoisotopic (exact) mass is 471 g/mol. The zero-order chi connectivity index (χ0) is 23.8. The molecule has 0 bridgehead atoms. The topological polar surface area (TPSA) is 123 Å². The highest BCUT2D eigenvalue weighted by atomic mass is 32.2. The van der Waals surface area contributed by atoms with E-state index in [1.165, 1.54) is 13.3 Å². The number of aryl methyl sites for hydroxylation is 1. The molecule has 1 amide bonds. The average molecular weight is 472 g/mol. The lowest BCUT2D eigenvalue weighted by molar-refractivity contribution is 0.0977. The number of sulfonamides is 1. The van der Waals surface area contributed by atoms with Crippen molar-refractivity contribution in [3.05, 3.63) is 29.8 Å². The second kappa shape index (κ2) is 9.05. The molecule has 1 saturated carbocycles. The van der Waals surface area contributed by atoms with E-state index < -0.39 is 15.9 Å². The molecule has 33 heavy (non-hydrogen) atoms. The molecule has 1 aliphatic carbocycles. The van der Waals surface area contributed by atoms with Crippen molar-refractivity contribution in [3.8, 4) is 11.1 Å². The Hall–Kier alpha value is -3.08. The third-order valence-electron chi connectivity index (χ3n) is 5.97. The van der Waals surface area contributed by atoms with Crippen LogP contribution in [0.15, 0.2) is 18.5 Å². The molecule has 0 saturated heterocycles. The molecule has 11 heteroatoms. The van der Waals surface area contributed by atoms with Crippen molar-refractivity contribution in [1.29, 1.82) is 0 Å². The normalized spacial score (nSPS) is 15.0. The molecular weight excluding hydrogens is 442 g/mol. The number of amides is 1. The maximum Gasteiger partial charge on any atom is 0.283 e. The molecule has 0 unspecified atom stereocenters. The summed E-state index contributed by atoms with van der Waals surface area (Å²) in [6.07, 6.45) is 8.81. The van der Waals surface area contributed by atoms with E-state index in [1.807, 2.05) is 25.7 Å². The highest BCUT2D eigenvalue weighted by Gasteiger charge is 2.25. The summed E-state index contributed by atoms with van der Waals surface area (Å²) in [6.45, 7) is 3.39. The quantitative estimate of drug-likeness (QED) is 0.582. The smallest absolute Gasteiger partial charge is 0.283 e. The number of rotatable bonds is 6. The van der Waals surface area contributed by atoms with Gasteiger partial charge < -0.3 is 4.90 Å². The lowest BCUT2D eigenvalue weighted by Crippen LogP contribution is -2.32. The molecule has 3 aromatic heterocycles. The molecule has 0 spiro atoms. The minimum Gasteiger partial charge on any atom is -0.347 e. The Bertz CT molecular complexity index is 1280. The van der Waals surface area contributed by atoms with Crippen LogP contribution in [0.1, 0.15) is 61.3 Å². The Labute approximate surface area is 193 Å². The minimum atomic E-state index is -3.73. The Morgan fingerprint density at radius 2 is 1.85 bits per heavy atom. The van der Waals surface area contributed by atoms with Crippen LogP contribution in [-0.2, 0) is 10.0 Å². The summed E-state index contributed by atoms with van der Waals surface area (Å²) in [4.78, 5) is 28.1. The molecule has 1 aliphatic rings. The molecule has 0 radical (unpaired) electrons. The lowest BCUT2D eigenvalue weighted by atomic mass is 9.95. The van der Waals surface area contributed by atoms with E-state index in [0.717, 1.165) is 36.8 Å². The van der Waals surface area contributed by atoms with Gasteiger partial charge in [0.05, 0.1) is 17.5 Å². The van der Waals surface area contributed by atoms with Crippen molar-refractivity contribution in [3.63, 3.8) is 0 Å². The van der Waals surface area contributed by atoms with Crippen LogP contribution < -0.4 is 9.62 Å². The largest absolute Gasteiger partial charge is 0.347 e. The van der Waals surface area contributed by atoms with Crippen molar-refractivity contribution >= 4 is 32.9 Å². The van der Waals surface area contributed by atoms with E-state index in [0.29, 0.717) is 22.7 Å². The first-order valence-electron chi connectivity index (χ1n) is 11.1. The van der Waals surface area contributed by atoms with Crippen LogP contribution in [0.2, 0.25) is 0 Å². The van der Waals surface area contributed by atoms with Gasteiger partial charge >= 0.3 is 0 Å². The van der Waals surface area contributed by atoms with Crippen LogP contribution in [-0.4, -0.2) is 58.9 Å². The number of hydrogen-bond donors (Lipinski definition) is 1. The van der Waals surface area contributed by atoms with E-state index >= 15 is 0 Å². The molecule has 0 aliphatic heterocycles. The molecule has 3 aromatic rings. The number of nitrogens with one attached hydrogen (secondary N) is 1. The Morgan fingerprint density at radius 3 is 2.45 bits per heavy atom. The Kier molecular flexibility index (Phi) is 6.33. The molecule has 4 rings (SSSR count). The molecule has 176 valence electrons. The molecule has 0 atom stereocenters. The van der Waals surface area contributed by atoms with Gasteiger partial charge in [0.25, 0.3) is 5.91 Å². The highest BCUT2D eigenvalue weighted by Crippen LogP contribution is 2.35. The van der Waals surface area contributed by atoms with E-state index in [-0.39, 0.29) is 17.5 Å². The molecule has 10 nitrogen and oxygen atoms in total. The Morgan fingerprint density at radius 1 is 1.18 bits per heavy atom. The molecular formula is C22H29N7O3S. The van der Waals surface area contributed by atoms with Crippen molar-refractivity contribution in [2.75, 3.05) is 24.7 Å². The van der Waals surface area contributed by atoms with Gasteiger partial charge in [0.15, 0.2) is 5.65 Å². The third-order valence-corrected chi connectivity index (χ3v) is 7.22. The van der Waals surface area contributed by atoms with Crippen molar-refractivity contribution < 1.29 is 13.2 Å². The fraction of sp³-hybridized carbons (Fsp3) is 0.500. The third kappa shape index (κ3) is 4.68. The van der Waals surface area contributed by atoms with Crippen LogP contribution in [0, 0.1) is 6.92 Å². The number of aromatic nitrogens is 5. The minimum absolute atomic E-state index is 0.0168. The summed E-state index contributed by atoms with van der Waals surface area (Å²) in [6, 6.07) is 1.79. The van der Waals surface area contributed by atoms with Gasteiger partial charge in [-0.05, 0) is 38.3 Å². The lowest BCUT2D eigenvalue weighted by Gasteiger charge is -2.22. The number of fused-ring (bicyclic) bond motifs is 1. The van der Waals surface area contributed by atoms with Crippen LogP contribution in [0.25, 0.3) is 22.2 Å². The predicted octanol–water partition coefficient (Wildman–Crippen LogP) is 2.85. The summed E-state index contributed by atoms with van der Waals surface area (Å²) in [7, 11) is -0.0188. The van der Waals surface area contributed by atoms with Crippen molar-refractivity contribution in [2.45, 2.75) is 52.0 Å². The van der Waals surface area contributed by atoms with Crippen molar-refractivity contribution in [1.82, 2.24) is 29.5 Å². The summed E-state index contributed by atoms with van der Waals surface area (Å²) in [5, 5.41) is 5.61. The van der Waals surface area contributed by atoms with Crippen LogP contribution in [0.5, 0.6) is 0 Å². The van der Waals surface area contributed by atoms with Gasteiger partial charge in [-0.2, -0.15) is 5.10 Å². The molecule has 1 fully saturated rings. The standard InChI is InChI=1S/C22H29N7O3S/c1-5-33(31,32)27-21(30)18-11-17(15-12-23-22(24-13-15)28(3)4)19-14(2)26-29(20(19)25-18)16-9-7-6-8-10-16/h11-13,16H,5-10H2,1-4H3,(H,27,30).